The number of anilines is 1. The number of piperazine rings is 1. The third-order valence-corrected chi connectivity index (χ3v) is 6.66. The Kier molecular flexibility index (Phi) is 6.68. The second-order valence-corrected chi connectivity index (χ2v) is 8.76. The molecule has 0 bridgehead atoms. The number of nitriles is 1. The zero-order valence-electron chi connectivity index (χ0n) is 17.7. The van der Waals surface area contributed by atoms with Crippen molar-refractivity contribution in [2.45, 2.75) is 19.0 Å². The van der Waals surface area contributed by atoms with Crippen LogP contribution in [-0.2, 0) is 0 Å². The fraction of sp³-hybridized carbons (Fsp3) is 0.231. The van der Waals surface area contributed by atoms with Crippen molar-refractivity contribution in [3.05, 3.63) is 105 Å². The smallest absolute Gasteiger partial charge is 0.187 e. The van der Waals surface area contributed by atoms with Gasteiger partial charge in [0.15, 0.2) is 5.69 Å². The molecule has 1 aliphatic heterocycles. The van der Waals surface area contributed by atoms with E-state index in [1.165, 1.54) is 5.56 Å². The fourth-order valence-electron chi connectivity index (χ4n) is 4.26. The molecule has 3 aromatic carbocycles. The molecular formula is C26H22Cl2N4. The van der Waals surface area contributed by atoms with Crippen molar-refractivity contribution in [3.8, 4) is 6.07 Å². The minimum Gasteiger partial charge on any atom is -0.361 e. The van der Waals surface area contributed by atoms with Crippen LogP contribution in [0.25, 0.3) is 4.85 Å². The first kappa shape index (κ1) is 22.2. The van der Waals surface area contributed by atoms with E-state index >= 15 is 0 Å². The fourth-order valence-corrected chi connectivity index (χ4v) is 4.68. The summed E-state index contributed by atoms with van der Waals surface area (Å²) >= 11 is 12.7. The Hall–Kier alpha value is -3.02. The molecule has 6 heteroatoms. The van der Waals surface area contributed by atoms with Crippen LogP contribution >= 0.6 is 23.2 Å². The summed E-state index contributed by atoms with van der Waals surface area (Å²) in [6.45, 7) is 11.8. The van der Waals surface area contributed by atoms with E-state index in [1.54, 1.807) is 6.07 Å². The van der Waals surface area contributed by atoms with Crippen LogP contribution in [0.5, 0.6) is 0 Å². The highest BCUT2D eigenvalue weighted by atomic mass is 35.5. The zero-order valence-corrected chi connectivity index (χ0v) is 19.2. The van der Waals surface area contributed by atoms with Crippen molar-refractivity contribution in [2.24, 2.45) is 0 Å². The lowest BCUT2D eigenvalue weighted by Gasteiger charge is -2.45. The first-order chi connectivity index (χ1) is 15.5. The van der Waals surface area contributed by atoms with Gasteiger partial charge in [0, 0.05) is 30.7 Å². The van der Waals surface area contributed by atoms with Crippen LogP contribution in [-0.4, -0.2) is 24.5 Å². The molecule has 1 aliphatic rings. The quantitative estimate of drug-likeness (QED) is 0.391. The Morgan fingerprint density at radius 3 is 2.38 bits per heavy atom. The van der Waals surface area contributed by atoms with Gasteiger partial charge in [-0.1, -0.05) is 59.6 Å². The first-order valence-corrected chi connectivity index (χ1v) is 11.2. The van der Waals surface area contributed by atoms with Gasteiger partial charge in [0.1, 0.15) is 0 Å². The molecule has 4 nitrogen and oxygen atoms in total. The highest BCUT2D eigenvalue weighted by Crippen LogP contribution is 2.38. The molecule has 0 N–H and O–H groups in total. The van der Waals surface area contributed by atoms with Crippen LogP contribution in [0, 0.1) is 17.9 Å². The van der Waals surface area contributed by atoms with Crippen LogP contribution in [0.1, 0.15) is 35.7 Å². The largest absolute Gasteiger partial charge is 0.361 e. The summed E-state index contributed by atoms with van der Waals surface area (Å²) in [4.78, 5) is 8.27. The maximum atomic E-state index is 9.20. The number of hydrogen-bond donors (Lipinski definition) is 0. The van der Waals surface area contributed by atoms with E-state index in [4.69, 9.17) is 29.8 Å². The first-order valence-electron chi connectivity index (χ1n) is 10.4. The summed E-state index contributed by atoms with van der Waals surface area (Å²) in [6, 6.07) is 23.7. The van der Waals surface area contributed by atoms with Crippen molar-refractivity contribution < 1.29 is 0 Å². The maximum absolute atomic E-state index is 9.20. The molecule has 0 spiro atoms. The van der Waals surface area contributed by atoms with Crippen molar-refractivity contribution >= 4 is 34.6 Å². The van der Waals surface area contributed by atoms with Crippen molar-refractivity contribution in [2.75, 3.05) is 24.5 Å². The van der Waals surface area contributed by atoms with E-state index in [0.717, 1.165) is 30.9 Å². The van der Waals surface area contributed by atoms with Crippen molar-refractivity contribution in [1.82, 2.24) is 4.90 Å². The second kappa shape index (κ2) is 9.63. The lowest BCUT2D eigenvalue weighted by atomic mass is 9.98. The van der Waals surface area contributed by atoms with Gasteiger partial charge in [0.25, 0.3) is 0 Å². The summed E-state index contributed by atoms with van der Waals surface area (Å²) in [5.74, 6) is 0. The standard InChI is InChI=1S/C26H22Cl2N4/c1-18(20-6-10-23(30-2)11-7-20)31-13-14-32(25-12-3-19(16-29)15-24(25)28)26(17-31)21-4-8-22(27)9-5-21/h3-12,15,18,26H,13-14,17H2,1H3/t18-,26+/m1/s1. The van der Waals surface area contributed by atoms with Gasteiger partial charge in [0.2, 0.25) is 0 Å². The molecule has 3 aromatic rings. The number of nitrogens with zero attached hydrogens (tertiary/aromatic N) is 4. The SMILES string of the molecule is [C-]#[N+]c1ccc([C@@H](C)N2CCN(c3ccc(C#N)cc3Cl)[C@H](c3ccc(Cl)cc3)C2)cc1. The van der Waals surface area contributed by atoms with Crippen LogP contribution < -0.4 is 4.90 Å². The minimum atomic E-state index is 0.0800. The van der Waals surface area contributed by atoms with Crippen LogP contribution in [0.3, 0.4) is 0 Å². The third-order valence-electron chi connectivity index (χ3n) is 6.11. The summed E-state index contributed by atoms with van der Waals surface area (Å²) in [7, 11) is 0. The van der Waals surface area contributed by atoms with E-state index in [0.29, 0.717) is 21.3 Å². The van der Waals surface area contributed by atoms with Gasteiger partial charge in [-0.2, -0.15) is 5.26 Å². The Balaban J connectivity index is 1.65. The van der Waals surface area contributed by atoms with Gasteiger partial charge in [-0.15, -0.1) is 0 Å². The highest BCUT2D eigenvalue weighted by Gasteiger charge is 2.32. The lowest BCUT2D eigenvalue weighted by molar-refractivity contribution is 0.171. The third kappa shape index (κ3) is 4.59. The van der Waals surface area contributed by atoms with Gasteiger partial charge in [0.05, 0.1) is 35.0 Å². The Labute approximate surface area is 199 Å². The molecule has 2 atom stereocenters. The summed E-state index contributed by atoms with van der Waals surface area (Å²) < 4.78 is 0. The van der Waals surface area contributed by atoms with Crippen LogP contribution in [0.15, 0.2) is 66.7 Å². The van der Waals surface area contributed by atoms with Crippen LogP contribution in [0.2, 0.25) is 10.0 Å². The molecule has 1 fully saturated rings. The monoisotopic (exact) mass is 460 g/mol. The van der Waals surface area contributed by atoms with Crippen molar-refractivity contribution in [3.63, 3.8) is 0 Å². The van der Waals surface area contributed by atoms with E-state index in [9.17, 15) is 5.26 Å². The van der Waals surface area contributed by atoms with E-state index < -0.39 is 0 Å². The predicted molar refractivity (Wildman–Crippen MR) is 130 cm³/mol. The molecule has 1 heterocycles. The number of benzene rings is 3. The average molecular weight is 461 g/mol. The zero-order chi connectivity index (χ0) is 22.7. The normalized spacial score (nSPS) is 17.4. The molecule has 0 saturated carbocycles. The van der Waals surface area contributed by atoms with Gasteiger partial charge in [-0.25, -0.2) is 4.85 Å². The molecule has 0 unspecified atom stereocenters. The predicted octanol–water partition coefficient (Wildman–Crippen LogP) is 7.04. The Bertz CT molecular complexity index is 1180. The molecule has 160 valence electrons. The number of hydrogen-bond acceptors (Lipinski definition) is 3. The molecule has 1 saturated heterocycles. The Morgan fingerprint density at radius 1 is 1.03 bits per heavy atom. The minimum absolute atomic E-state index is 0.0800. The van der Waals surface area contributed by atoms with Gasteiger partial charge >= 0.3 is 0 Å². The second-order valence-electron chi connectivity index (χ2n) is 7.91. The molecule has 0 amide bonds. The van der Waals surface area contributed by atoms with Crippen LogP contribution in [0.4, 0.5) is 11.4 Å². The summed E-state index contributed by atoms with van der Waals surface area (Å²) in [5, 5.41) is 10.5. The Morgan fingerprint density at radius 2 is 1.75 bits per heavy atom. The van der Waals surface area contributed by atoms with E-state index in [-0.39, 0.29) is 12.1 Å². The topological polar surface area (TPSA) is 34.6 Å². The number of rotatable bonds is 4. The highest BCUT2D eigenvalue weighted by molar-refractivity contribution is 6.33. The van der Waals surface area contributed by atoms with Crippen molar-refractivity contribution in [1.29, 1.82) is 5.26 Å². The van der Waals surface area contributed by atoms with Gasteiger partial charge in [-0.05, 0) is 48.4 Å². The molecule has 0 aliphatic carbocycles. The molecule has 0 aromatic heterocycles. The molecule has 0 radical (unpaired) electrons. The molecule has 32 heavy (non-hydrogen) atoms. The van der Waals surface area contributed by atoms with E-state index in [2.05, 4.69) is 39.8 Å². The van der Waals surface area contributed by atoms with E-state index in [1.807, 2.05) is 48.5 Å². The molecule has 4 rings (SSSR count). The lowest BCUT2D eigenvalue weighted by Crippen LogP contribution is -2.49. The molecular weight excluding hydrogens is 439 g/mol. The maximum Gasteiger partial charge on any atom is 0.187 e. The number of halogens is 2. The van der Waals surface area contributed by atoms with Gasteiger partial charge in [-0.3, -0.25) is 4.90 Å². The summed E-state index contributed by atoms with van der Waals surface area (Å²) in [5.41, 5.74) is 4.49. The van der Waals surface area contributed by atoms with Gasteiger partial charge < -0.3 is 4.90 Å². The summed E-state index contributed by atoms with van der Waals surface area (Å²) in [6.07, 6.45) is 0. The average Bonchev–Trinajstić information content (AvgIpc) is 2.84.